The van der Waals surface area contributed by atoms with E-state index in [1.54, 1.807) is 30.3 Å². The number of hydrogen-bond acceptors (Lipinski definition) is 5. The van der Waals surface area contributed by atoms with Gasteiger partial charge in [-0.25, -0.2) is 9.82 Å². The molecule has 0 aromatic heterocycles. The van der Waals surface area contributed by atoms with E-state index in [1.165, 1.54) is 24.4 Å². The Morgan fingerprint density at radius 1 is 1.06 bits per heavy atom. The van der Waals surface area contributed by atoms with Crippen molar-refractivity contribution in [2.75, 3.05) is 6.61 Å². The summed E-state index contributed by atoms with van der Waals surface area (Å²) in [5.41, 5.74) is 3.72. The summed E-state index contributed by atoms with van der Waals surface area (Å²) < 4.78 is 24.9. The van der Waals surface area contributed by atoms with E-state index < -0.39 is 5.91 Å². The number of phenolic OH excluding ortho intramolecular Hbond substituents is 1. The van der Waals surface area contributed by atoms with Crippen LogP contribution in [-0.2, 0) is 6.61 Å². The van der Waals surface area contributed by atoms with Crippen LogP contribution < -0.4 is 14.9 Å². The molecule has 0 aliphatic heterocycles. The molecule has 178 valence electrons. The molecule has 8 heteroatoms. The lowest BCUT2D eigenvalue weighted by Crippen LogP contribution is -2.17. The first-order valence-electron chi connectivity index (χ1n) is 10.8. The Kier molecular flexibility index (Phi) is 7.48. The Morgan fingerprint density at radius 3 is 2.57 bits per heavy atom. The lowest BCUT2D eigenvalue weighted by Gasteiger charge is -2.14. The average molecular weight is 493 g/mol. The predicted molar refractivity (Wildman–Crippen MR) is 134 cm³/mol. The molecule has 0 atom stereocenters. The van der Waals surface area contributed by atoms with E-state index in [9.17, 15) is 14.3 Å². The number of ether oxygens (including phenoxy) is 2. The summed E-state index contributed by atoms with van der Waals surface area (Å²) in [6.45, 7) is 2.29. The highest BCUT2D eigenvalue weighted by molar-refractivity contribution is 6.32. The monoisotopic (exact) mass is 492 g/mol. The Morgan fingerprint density at radius 2 is 1.83 bits per heavy atom. The van der Waals surface area contributed by atoms with E-state index in [1.807, 2.05) is 31.2 Å². The highest BCUT2D eigenvalue weighted by atomic mass is 35.5. The Bertz CT molecular complexity index is 1410. The number of halogens is 2. The van der Waals surface area contributed by atoms with Crippen molar-refractivity contribution in [1.29, 1.82) is 0 Å². The normalized spacial score (nSPS) is 11.1. The molecular formula is C27H22ClFN2O4. The van der Waals surface area contributed by atoms with Crippen LogP contribution in [0, 0.1) is 5.82 Å². The van der Waals surface area contributed by atoms with Crippen LogP contribution in [0.5, 0.6) is 17.2 Å². The summed E-state index contributed by atoms with van der Waals surface area (Å²) in [6.07, 6.45) is 1.40. The number of aromatic hydroxyl groups is 1. The standard InChI is InChI=1S/C27H22ClFN2O4/c1-2-34-25-12-18(11-23(28)26(25)35-16-17-6-5-9-21(29)10-17)15-30-31-27(33)22-13-19-7-3-4-8-20(19)14-24(22)32/h3-15,32H,2,16H2,1H3,(H,31,33). The number of nitrogens with zero attached hydrogens (tertiary/aromatic N) is 1. The van der Waals surface area contributed by atoms with Crippen LogP contribution in [0.4, 0.5) is 4.39 Å². The van der Waals surface area contributed by atoms with Crippen molar-refractivity contribution >= 4 is 34.5 Å². The summed E-state index contributed by atoms with van der Waals surface area (Å²) in [7, 11) is 0. The molecule has 0 saturated heterocycles. The third kappa shape index (κ3) is 5.88. The van der Waals surface area contributed by atoms with Crippen molar-refractivity contribution in [2.45, 2.75) is 13.5 Å². The van der Waals surface area contributed by atoms with Crippen LogP contribution in [0.2, 0.25) is 5.02 Å². The zero-order chi connectivity index (χ0) is 24.8. The van der Waals surface area contributed by atoms with Gasteiger partial charge in [0.15, 0.2) is 11.5 Å². The molecule has 0 aliphatic carbocycles. The molecule has 0 unspecified atom stereocenters. The van der Waals surface area contributed by atoms with Crippen molar-refractivity contribution in [3.05, 3.63) is 100 Å². The van der Waals surface area contributed by atoms with Gasteiger partial charge in [-0.15, -0.1) is 0 Å². The van der Waals surface area contributed by atoms with Crippen LogP contribution >= 0.6 is 11.6 Å². The maximum absolute atomic E-state index is 13.4. The fraction of sp³-hybridized carbons (Fsp3) is 0.111. The number of hydrogen-bond donors (Lipinski definition) is 2. The van der Waals surface area contributed by atoms with Crippen molar-refractivity contribution in [2.24, 2.45) is 5.10 Å². The van der Waals surface area contributed by atoms with Gasteiger partial charge in [0.1, 0.15) is 18.2 Å². The smallest absolute Gasteiger partial charge is 0.275 e. The molecule has 2 N–H and O–H groups in total. The van der Waals surface area contributed by atoms with Crippen LogP contribution in [0.15, 0.2) is 77.9 Å². The van der Waals surface area contributed by atoms with Crippen molar-refractivity contribution in [3.8, 4) is 17.2 Å². The zero-order valence-electron chi connectivity index (χ0n) is 18.8. The number of hydrazone groups is 1. The lowest BCUT2D eigenvalue weighted by molar-refractivity contribution is 0.0952. The molecule has 0 radical (unpaired) electrons. The molecule has 0 aliphatic rings. The van der Waals surface area contributed by atoms with Crippen molar-refractivity contribution in [3.63, 3.8) is 0 Å². The zero-order valence-corrected chi connectivity index (χ0v) is 19.6. The van der Waals surface area contributed by atoms with Gasteiger partial charge in [-0.05, 0) is 65.2 Å². The Hall–Kier alpha value is -4.10. The molecule has 0 saturated carbocycles. The van der Waals surface area contributed by atoms with E-state index in [0.29, 0.717) is 29.2 Å². The third-order valence-electron chi connectivity index (χ3n) is 5.09. The second-order valence-electron chi connectivity index (χ2n) is 7.60. The van der Waals surface area contributed by atoms with E-state index in [-0.39, 0.29) is 28.8 Å². The van der Waals surface area contributed by atoms with Gasteiger partial charge in [-0.3, -0.25) is 4.79 Å². The number of phenols is 1. The van der Waals surface area contributed by atoms with Gasteiger partial charge in [0.05, 0.1) is 23.4 Å². The molecule has 0 heterocycles. The predicted octanol–water partition coefficient (Wildman–Crippen LogP) is 6.08. The van der Waals surface area contributed by atoms with Gasteiger partial charge in [-0.2, -0.15) is 5.10 Å². The van der Waals surface area contributed by atoms with Crippen LogP contribution in [0.3, 0.4) is 0 Å². The molecule has 6 nitrogen and oxygen atoms in total. The second kappa shape index (κ2) is 10.9. The number of benzene rings is 4. The Balaban J connectivity index is 1.49. The fourth-order valence-electron chi connectivity index (χ4n) is 3.48. The maximum atomic E-state index is 13.4. The molecule has 35 heavy (non-hydrogen) atoms. The van der Waals surface area contributed by atoms with Crippen LogP contribution in [-0.4, -0.2) is 23.8 Å². The summed E-state index contributed by atoms with van der Waals surface area (Å²) in [6, 6.07) is 19.9. The first kappa shape index (κ1) is 24.0. The molecule has 0 spiro atoms. The van der Waals surface area contributed by atoms with Gasteiger partial charge in [0.25, 0.3) is 5.91 Å². The summed E-state index contributed by atoms with van der Waals surface area (Å²) >= 11 is 6.42. The van der Waals surface area contributed by atoms with E-state index in [2.05, 4.69) is 10.5 Å². The number of fused-ring (bicyclic) bond motifs is 1. The first-order chi connectivity index (χ1) is 16.9. The minimum atomic E-state index is -0.560. The highest BCUT2D eigenvalue weighted by Gasteiger charge is 2.14. The maximum Gasteiger partial charge on any atom is 0.275 e. The Labute approximate surface area is 206 Å². The molecule has 4 aromatic carbocycles. The topological polar surface area (TPSA) is 80.2 Å². The van der Waals surface area contributed by atoms with Crippen molar-refractivity contribution < 1.29 is 23.8 Å². The average Bonchev–Trinajstić information content (AvgIpc) is 2.83. The first-order valence-corrected chi connectivity index (χ1v) is 11.2. The minimum Gasteiger partial charge on any atom is -0.507 e. The number of nitrogens with one attached hydrogen (secondary N) is 1. The van der Waals surface area contributed by atoms with Gasteiger partial charge in [0, 0.05) is 0 Å². The van der Waals surface area contributed by atoms with Gasteiger partial charge in [-0.1, -0.05) is 48.0 Å². The third-order valence-corrected chi connectivity index (χ3v) is 5.37. The summed E-state index contributed by atoms with van der Waals surface area (Å²) in [4.78, 5) is 12.6. The van der Waals surface area contributed by atoms with Gasteiger partial charge in [0.2, 0.25) is 0 Å². The quantitative estimate of drug-likeness (QED) is 0.231. The van der Waals surface area contributed by atoms with E-state index in [4.69, 9.17) is 21.1 Å². The number of carbonyl (C=O) groups excluding carboxylic acids is 1. The summed E-state index contributed by atoms with van der Waals surface area (Å²) in [5, 5.41) is 16.1. The largest absolute Gasteiger partial charge is 0.507 e. The second-order valence-corrected chi connectivity index (χ2v) is 8.00. The van der Waals surface area contributed by atoms with Gasteiger partial charge >= 0.3 is 0 Å². The molecule has 0 bridgehead atoms. The number of amides is 1. The molecule has 0 fully saturated rings. The van der Waals surface area contributed by atoms with E-state index >= 15 is 0 Å². The van der Waals surface area contributed by atoms with Crippen LogP contribution in [0.1, 0.15) is 28.4 Å². The van der Waals surface area contributed by atoms with Gasteiger partial charge < -0.3 is 14.6 Å². The van der Waals surface area contributed by atoms with Crippen molar-refractivity contribution in [1.82, 2.24) is 5.43 Å². The minimum absolute atomic E-state index is 0.106. The molecular weight excluding hydrogens is 471 g/mol. The highest BCUT2D eigenvalue weighted by Crippen LogP contribution is 2.37. The lowest BCUT2D eigenvalue weighted by atomic mass is 10.1. The molecule has 4 rings (SSSR count). The summed E-state index contributed by atoms with van der Waals surface area (Å²) in [5.74, 6) is -0.349. The van der Waals surface area contributed by atoms with Crippen LogP contribution in [0.25, 0.3) is 10.8 Å². The molecule has 4 aromatic rings. The molecule has 1 amide bonds. The fourth-order valence-corrected chi connectivity index (χ4v) is 3.76. The SMILES string of the molecule is CCOc1cc(C=NNC(=O)c2cc3ccccc3cc2O)cc(Cl)c1OCc1cccc(F)c1. The number of carbonyl (C=O) groups is 1. The number of rotatable bonds is 8. The van der Waals surface area contributed by atoms with E-state index in [0.717, 1.165) is 10.8 Å².